The number of nitrogens with zero attached hydrogens (tertiary/aromatic N) is 3. The summed E-state index contributed by atoms with van der Waals surface area (Å²) in [4.78, 5) is 17.9. The molecule has 0 radical (unpaired) electrons. The molecule has 1 fully saturated rings. The molecule has 1 aromatic rings. The van der Waals surface area contributed by atoms with Crippen LogP contribution >= 0.6 is 11.6 Å². The summed E-state index contributed by atoms with van der Waals surface area (Å²) in [6, 6.07) is 6.36. The summed E-state index contributed by atoms with van der Waals surface area (Å²) in [7, 11) is 3.60. The SMILES string of the molecule is CC(C)c1ccc(N2CCN(CC(=O)N(C)C)CC2)c(Cl)c1. The smallest absolute Gasteiger partial charge is 0.236 e. The fraction of sp³-hybridized carbons (Fsp3) is 0.588. The minimum absolute atomic E-state index is 0.160. The van der Waals surface area contributed by atoms with E-state index in [1.54, 1.807) is 19.0 Å². The van der Waals surface area contributed by atoms with Gasteiger partial charge in [-0.3, -0.25) is 9.69 Å². The van der Waals surface area contributed by atoms with E-state index in [0.717, 1.165) is 36.9 Å². The summed E-state index contributed by atoms with van der Waals surface area (Å²) in [5.74, 6) is 0.646. The first-order valence-electron chi connectivity index (χ1n) is 7.85. The minimum Gasteiger partial charge on any atom is -0.368 e. The van der Waals surface area contributed by atoms with Crippen molar-refractivity contribution in [1.82, 2.24) is 9.80 Å². The number of likely N-dealkylation sites (N-methyl/N-ethyl adjacent to an activating group) is 1. The second kappa shape index (κ2) is 7.34. The summed E-state index contributed by atoms with van der Waals surface area (Å²) < 4.78 is 0. The van der Waals surface area contributed by atoms with E-state index in [1.165, 1.54) is 5.56 Å². The van der Waals surface area contributed by atoms with Gasteiger partial charge in [-0.1, -0.05) is 31.5 Å². The third-order valence-corrected chi connectivity index (χ3v) is 4.51. The fourth-order valence-electron chi connectivity index (χ4n) is 2.62. The Balaban J connectivity index is 1.96. The molecule has 0 spiro atoms. The highest BCUT2D eigenvalue weighted by atomic mass is 35.5. The van der Waals surface area contributed by atoms with Gasteiger partial charge < -0.3 is 9.80 Å². The van der Waals surface area contributed by atoms with Gasteiger partial charge in [-0.25, -0.2) is 0 Å². The van der Waals surface area contributed by atoms with Crippen molar-refractivity contribution in [1.29, 1.82) is 0 Å². The van der Waals surface area contributed by atoms with Crippen LogP contribution in [0.1, 0.15) is 25.3 Å². The number of hydrogen-bond donors (Lipinski definition) is 0. The Morgan fingerprint density at radius 1 is 1.23 bits per heavy atom. The number of rotatable bonds is 4. The predicted molar refractivity (Wildman–Crippen MR) is 92.9 cm³/mol. The Labute approximate surface area is 138 Å². The van der Waals surface area contributed by atoms with E-state index in [4.69, 9.17) is 11.6 Å². The van der Waals surface area contributed by atoms with Crippen LogP contribution in [0.2, 0.25) is 5.02 Å². The van der Waals surface area contributed by atoms with Crippen LogP contribution in [0.4, 0.5) is 5.69 Å². The molecule has 22 heavy (non-hydrogen) atoms. The standard InChI is InChI=1S/C17H26ClN3O/c1-13(2)14-5-6-16(15(18)11-14)21-9-7-20(8-10-21)12-17(22)19(3)4/h5-6,11,13H,7-10,12H2,1-4H3. The molecule has 0 aromatic heterocycles. The fourth-order valence-corrected chi connectivity index (χ4v) is 2.93. The maximum atomic E-state index is 11.8. The molecule has 0 unspecified atom stereocenters. The van der Waals surface area contributed by atoms with Crippen LogP contribution in [0.3, 0.4) is 0 Å². The van der Waals surface area contributed by atoms with Crippen LogP contribution in [0.15, 0.2) is 18.2 Å². The van der Waals surface area contributed by atoms with Crippen molar-refractivity contribution >= 4 is 23.2 Å². The van der Waals surface area contributed by atoms with Crippen molar-refractivity contribution < 1.29 is 4.79 Å². The number of anilines is 1. The van der Waals surface area contributed by atoms with Crippen molar-refractivity contribution in [3.05, 3.63) is 28.8 Å². The van der Waals surface area contributed by atoms with Gasteiger partial charge in [0, 0.05) is 40.3 Å². The Kier molecular flexibility index (Phi) is 5.70. The predicted octanol–water partition coefficient (Wildman–Crippen LogP) is 2.67. The van der Waals surface area contributed by atoms with Crippen molar-refractivity contribution in [3.8, 4) is 0 Å². The van der Waals surface area contributed by atoms with E-state index >= 15 is 0 Å². The number of carbonyl (C=O) groups excluding carboxylic acids is 1. The Morgan fingerprint density at radius 3 is 2.36 bits per heavy atom. The van der Waals surface area contributed by atoms with Crippen molar-refractivity contribution in [2.45, 2.75) is 19.8 Å². The third kappa shape index (κ3) is 4.14. The number of carbonyl (C=O) groups is 1. The molecule has 5 heteroatoms. The lowest BCUT2D eigenvalue weighted by Gasteiger charge is -2.36. The molecule has 2 rings (SSSR count). The second-order valence-electron chi connectivity index (χ2n) is 6.42. The average Bonchev–Trinajstić information content (AvgIpc) is 2.48. The first-order valence-corrected chi connectivity index (χ1v) is 8.23. The van der Waals surface area contributed by atoms with E-state index in [2.05, 4.69) is 41.8 Å². The van der Waals surface area contributed by atoms with Gasteiger partial charge in [0.15, 0.2) is 0 Å². The molecule has 0 bridgehead atoms. The zero-order chi connectivity index (χ0) is 16.3. The molecule has 1 aromatic carbocycles. The Morgan fingerprint density at radius 2 is 1.86 bits per heavy atom. The van der Waals surface area contributed by atoms with Crippen LogP contribution < -0.4 is 4.90 Å². The summed E-state index contributed by atoms with van der Waals surface area (Å²) in [5.41, 5.74) is 2.37. The van der Waals surface area contributed by atoms with Crippen LogP contribution in [-0.2, 0) is 4.79 Å². The Hall–Kier alpha value is -1.26. The van der Waals surface area contributed by atoms with Gasteiger partial charge in [0.05, 0.1) is 17.3 Å². The number of hydrogen-bond acceptors (Lipinski definition) is 3. The van der Waals surface area contributed by atoms with E-state index in [0.29, 0.717) is 12.5 Å². The van der Waals surface area contributed by atoms with Crippen LogP contribution in [0.25, 0.3) is 0 Å². The molecule has 1 amide bonds. The molecule has 122 valence electrons. The van der Waals surface area contributed by atoms with Crippen molar-refractivity contribution in [2.24, 2.45) is 0 Å². The van der Waals surface area contributed by atoms with Gasteiger partial charge in [-0.2, -0.15) is 0 Å². The molecular formula is C17H26ClN3O. The van der Waals surface area contributed by atoms with Gasteiger partial charge in [0.25, 0.3) is 0 Å². The van der Waals surface area contributed by atoms with Crippen LogP contribution in [0, 0.1) is 0 Å². The lowest BCUT2D eigenvalue weighted by Crippen LogP contribution is -2.49. The van der Waals surface area contributed by atoms with Gasteiger partial charge in [-0.05, 0) is 23.6 Å². The topological polar surface area (TPSA) is 26.8 Å². The molecule has 1 saturated heterocycles. The molecule has 4 nitrogen and oxygen atoms in total. The van der Waals surface area contributed by atoms with E-state index in [-0.39, 0.29) is 5.91 Å². The van der Waals surface area contributed by atoms with E-state index < -0.39 is 0 Å². The number of halogens is 1. The quantitative estimate of drug-likeness (QED) is 0.852. The molecule has 0 aliphatic carbocycles. The summed E-state index contributed by atoms with van der Waals surface area (Å²) in [6.07, 6.45) is 0. The maximum Gasteiger partial charge on any atom is 0.236 e. The summed E-state index contributed by atoms with van der Waals surface area (Å²) in [6.45, 7) is 8.44. The molecule has 0 atom stereocenters. The molecule has 1 aliphatic heterocycles. The normalized spacial score (nSPS) is 16.2. The number of amides is 1. The number of benzene rings is 1. The zero-order valence-electron chi connectivity index (χ0n) is 14.0. The second-order valence-corrected chi connectivity index (χ2v) is 6.82. The monoisotopic (exact) mass is 323 g/mol. The van der Waals surface area contributed by atoms with Gasteiger partial charge in [0.1, 0.15) is 0 Å². The maximum absolute atomic E-state index is 11.8. The molecule has 1 aliphatic rings. The largest absolute Gasteiger partial charge is 0.368 e. The third-order valence-electron chi connectivity index (χ3n) is 4.21. The first-order chi connectivity index (χ1) is 10.4. The highest BCUT2D eigenvalue weighted by molar-refractivity contribution is 6.33. The summed E-state index contributed by atoms with van der Waals surface area (Å²) in [5, 5.41) is 0.823. The van der Waals surface area contributed by atoms with Gasteiger partial charge in [-0.15, -0.1) is 0 Å². The van der Waals surface area contributed by atoms with Gasteiger partial charge in [0.2, 0.25) is 5.91 Å². The lowest BCUT2D eigenvalue weighted by molar-refractivity contribution is -0.129. The van der Waals surface area contributed by atoms with Gasteiger partial charge >= 0.3 is 0 Å². The van der Waals surface area contributed by atoms with Crippen molar-refractivity contribution in [3.63, 3.8) is 0 Å². The van der Waals surface area contributed by atoms with Crippen LogP contribution in [-0.4, -0.2) is 62.5 Å². The Bertz CT molecular complexity index is 523. The molecular weight excluding hydrogens is 298 g/mol. The molecule has 1 heterocycles. The summed E-state index contributed by atoms with van der Waals surface area (Å²) >= 11 is 6.45. The highest BCUT2D eigenvalue weighted by Gasteiger charge is 2.21. The van der Waals surface area contributed by atoms with Crippen LogP contribution in [0.5, 0.6) is 0 Å². The zero-order valence-corrected chi connectivity index (χ0v) is 14.7. The average molecular weight is 324 g/mol. The van der Waals surface area contributed by atoms with E-state index in [1.807, 2.05) is 0 Å². The van der Waals surface area contributed by atoms with E-state index in [9.17, 15) is 4.79 Å². The highest BCUT2D eigenvalue weighted by Crippen LogP contribution is 2.30. The number of piperazine rings is 1. The van der Waals surface area contributed by atoms with Crippen molar-refractivity contribution in [2.75, 3.05) is 51.7 Å². The first kappa shape index (κ1) is 17.1. The molecule has 0 N–H and O–H groups in total. The minimum atomic E-state index is 0.160. The molecule has 0 saturated carbocycles. The lowest BCUT2D eigenvalue weighted by atomic mass is 10.0.